The third-order valence-corrected chi connectivity index (χ3v) is 4.08. The lowest BCUT2D eigenvalue weighted by molar-refractivity contribution is -0.130. The van der Waals surface area contributed by atoms with Gasteiger partial charge in [-0.3, -0.25) is 4.79 Å². The molecule has 17 heavy (non-hydrogen) atoms. The van der Waals surface area contributed by atoms with Gasteiger partial charge in [0, 0.05) is 31.7 Å². The Kier molecular flexibility index (Phi) is 4.57. The SMILES string of the molecule is CN(CC1CCOCC1)C(=O)Cc1cccs1. The monoisotopic (exact) mass is 253 g/mol. The fourth-order valence-electron chi connectivity index (χ4n) is 2.12. The minimum absolute atomic E-state index is 0.221. The van der Waals surface area contributed by atoms with Crippen LogP contribution in [0, 0.1) is 5.92 Å². The van der Waals surface area contributed by atoms with Crippen molar-refractivity contribution >= 4 is 17.2 Å². The average molecular weight is 253 g/mol. The maximum atomic E-state index is 12.0. The largest absolute Gasteiger partial charge is 0.381 e. The van der Waals surface area contributed by atoms with Crippen LogP contribution in [0.5, 0.6) is 0 Å². The Morgan fingerprint density at radius 3 is 2.94 bits per heavy atom. The van der Waals surface area contributed by atoms with E-state index in [0.29, 0.717) is 12.3 Å². The van der Waals surface area contributed by atoms with Gasteiger partial charge in [-0.2, -0.15) is 0 Å². The van der Waals surface area contributed by atoms with Gasteiger partial charge in [0.15, 0.2) is 0 Å². The molecule has 4 heteroatoms. The lowest BCUT2D eigenvalue weighted by atomic mass is 10.00. The molecule has 1 fully saturated rings. The van der Waals surface area contributed by atoms with Crippen molar-refractivity contribution in [3.05, 3.63) is 22.4 Å². The molecule has 1 aliphatic rings. The Morgan fingerprint density at radius 2 is 2.29 bits per heavy atom. The maximum Gasteiger partial charge on any atom is 0.227 e. The van der Waals surface area contributed by atoms with Crippen LogP contribution in [0.25, 0.3) is 0 Å². The lowest BCUT2D eigenvalue weighted by Gasteiger charge is -2.27. The number of rotatable bonds is 4. The second-order valence-electron chi connectivity index (χ2n) is 4.59. The zero-order chi connectivity index (χ0) is 12.1. The number of carbonyl (C=O) groups is 1. The molecule has 0 spiro atoms. The molecule has 1 saturated heterocycles. The van der Waals surface area contributed by atoms with Gasteiger partial charge in [-0.25, -0.2) is 0 Å². The summed E-state index contributed by atoms with van der Waals surface area (Å²) in [6.07, 6.45) is 2.70. The van der Waals surface area contributed by atoms with Gasteiger partial charge >= 0.3 is 0 Å². The Labute approximate surface area is 106 Å². The highest BCUT2D eigenvalue weighted by molar-refractivity contribution is 7.10. The van der Waals surface area contributed by atoms with E-state index in [1.165, 1.54) is 0 Å². The highest BCUT2D eigenvalue weighted by Crippen LogP contribution is 2.16. The van der Waals surface area contributed by atoms with Crippen molar-refractivity contribution in [2.45, 2.75) is 19.3 Å². The number of ether oxygens (including phenoxy) is 1. The van der Waals surface area contributed by atoms with E-state index in [1.807, 2.05) is 29.5 Å². The van der Waals surface area contributed by atoms with E-state index in [4.69, 9.17) is 4.74 Å². The van der Waals surface area contributed by atoms with Gasteiger partial charge in [0.1, 0.15) is 0 Å². The van der Waals surface area contributed by atoms with Crippen LogP contribution in [0.2, 0.25) is 0 Å². The molecule has 0 radical (unpaired) electrons. The number of hydrogen-bond donors (Lipinski definition) is 0. The van der Waals surface area contributed by atoms with Gasteiger partial charge in [-0.05, 0) is 30.2 Å². The van der Waals surface area contributed by atoms with Crippen LogP contribution in [0.15, 0.2) is 17.5 Å². The van der Waals surface area contributed by atoms with E-state index in [0.717, 1.165) is 37.5 Å². The number of thiophene rings is 1. The minimum atomic E-state index is 0.221. The van der Waals surface area contributed by atoms with Crippen molar-refractivity contribution in [1.82, 2.24) is 4.90 Å². The summed E-state index contributed by atoms with van der Waals surface area (Å²) in [4.78, 5) is 15.0. The molecule has 94 valence electrons. The summed E-state index contributed by atoms with van der Waals surface area (Å²) >= 11 is 1.65. The van der Waals surface area contributed by atoms with Gasteiger partial charge < -0.3 is 9.64 Å². The highest BCUT2D eigenvalue weighted by atomic mass is 32.1. The zero-order valence-electron chi connectivity index (χ0n) is 10.2. The van der Waals surface area contributed by atoms with Gasteiger partial charge in [0.05, 0.1) is 6.42 Å². The van der Waals surface area contributed by atoms with Crippen LogP contribution in [0.1, 0.15) is 17.7 Å². The molecule has 0 N–H and O–H groups in total. The molecule has 0 unspecified atom stereocenters. The predicted octanol–water partition coefficient (Wildman–Crippen LogP) is 2.18. The smallest absolute Gasteiger partial charge is 0.227 e. The van der Waals surface area contributed by atoms with Gasteiger partial charge in [0.25, 0.3) is 0 Å². The summed E-state index contributed by atoms with van der Waals surface area (Å²) in [5, 5.41) is 2.01. The van der Waals surface area contributed by atoms with Crippen LogP contribution < -0.4 is 0 Å². The predicted molar refractivity (Wildman–Crippen MR) is 69.2 cm³/mol. The summed E-state index contributed by atoms with van der Waals surface area (Å²) in [5.74, 6) is 0.833. The molecule has 0 aromatic carbocycles. The molecule has 2 heterocycles. The Hall–Kier alpha value is -0.870. The van der Waals surface area contributed by atoms with Crippen molar-refractivity contribution in [2.75, 3.05) is 26.8 Å². The first-order valence-corrected chi connectivity index (χ1v) is 6.98. The summed E-state index contributed by atoms with van der Waals surface area (Å²) in [5.41, 5.74) is 0. The third kappa shape index (κ3) is 3.82. The van der Waals surface area contributed by atoms with Crippen molar-refractivity contribution in [2.24, 2.45) is 5.92 Å². The molecule has 0 aliphatic carbocycles. The first-order chi connectivity index (χ1) is 8.25. The quantitative estimate of drug-likeness (QED) is 0.823. The van der Waals surface area contributed by atoms with Crippen molar-refractivity contribution in [3.8, 4) is 0 Å². The normalized spacial score (nSPS) is 17.0. The third-order valence-electron chi connectivity index (χ3n) is 3.20. The van der Waals surface area contributed by atoms with Crippen molar-refractivity contribution < 1.29 is 9.53 Å². The molecule has 3 nitrogen and oxygen atoms in total. The fourth-order valence-corrected chi connectivity index (χ4v) is 2.81. The number of carbonyl (C=O) groups excluding carboxylic acids is 1. The van der Waals surface area contributed by atoms with E-state index in [1.54, 1.807) is 11.3 Å². The van der Waals surface area contributed by atoms with Crippen LogP contribution in [0.4, 0.5) is 0 Å². The molecular weight excluding hydrogens is 234 g/mol. The molecule has 0 saturated carbocycles. The number of likely N-dealkylation sites (N-methyl/N-ethyl adjacent to an activating group) is 1. The summed E-state index contributed by atoms with van der Waals surface area (Å²) in [6.45, 7) is 2.56. The van der Waals surface area contributed by atoms with E-state index >= 15 is 0 Å². The highest BCUT2D eigenvalue weighted by Gasteiger charge is 2.18. The second kappa shape index (κ2) is 6.17. The fraction of sp³-hybridized carbons (Fsp3) is 0.615. The number of amides is 1. The van der Waals surface area contributed by atoms with E-state index in [-0.39, 0.29) is 5.91 Å². The molecule has 0 bridgehead atoms. The number of nitrogens with zero attached hydrogens (tertiary/aromatic N) is 1. The minimum Gasteiger partial charge on any atom is -0.381 e. The van der Waals surface area contributed by atoms with E-state index in [9.17, 15) is 4.79 Å². The molecule has 0 atom stereocenters. The van der Waals surface area contributed by atoms with Crippen molar-refractivity contribution in [3.63, 3.8) is 0 Å². The van der Waals surface area contributed by atoms with Gasteiger partial charge in [0.2, 0.25) is 5.91 Å². The van der Waals surface area contributed by atoms with Gasteiger partial charge in [-0.1, -0.05) is 6.07 Å². The first-order valence-electron chi connectivity index (χ1n) is 6.10. The van der Waals surface area contributed by atoms with Crippen molar-refractivity contribution in [1.29, 1.82) is 0 Å². The maximum absolute atomic E-state index is 12.0. The van der Waals surface area contributed by atoms with Crippen LogP contribution in [0.3, 0.4) is 0 Å². The second-order valence-corrected chi connectivity index (χ2v) is 5.62. The Morgan fingerprint density at radius 1 is 1.53 bits per heavy atom. The molecule has 1 aromatic heterocycles. The topological polar surface area (TPSA) is 29.5 Å². The number of hydrogen-bond acceptors (Lipinski definition) is 3. The molecule has 2 rings (SSSR count). The molecular formula is C13H19NO2S. The van der Waals surface area contributed by atoms with Crippen LogP contribution >= 0.6 is 11.3 Å². The standard InChI is InChI=1S/C13H19NO2S/c1-14(10-11-4-6-16-7-5-11)13(15)9-12-3-2-8-17-12/h2-3,8,11H,4-7,9-10H2,1H3. The van der Waals surface area contributed by atoms with Crippen LogP contribution in [-0.4, -0.2) is 37.6 Å². The average Bonchev–Trinajstić information content (AvgIpc) is 2.83. The zero-order valence-corrected chi connectivity index (χ0v) is 11.0. The van der Waals surface area contributed by atoms with E-state index in [2.05, 4.69) is 0 Å². The molecule has 1 aromatic rings. The summed E-state index contributed by atoms with van der Waals surface area (Å²) in [7, 11) is 1.91. The van der Waals surface area contributed by atoms with Crippen LogP contribution in [-0.2, 0) is 16.0 Å². The first kappa shape index (κ1) is 12.6. The molecule has 1 aliphatic heterocycles. The Balaban J connectivity index is 1.78. The molecule has 1 amide bonds. The summed E-state index contributed by atoms with van der Waals surface area (Å²) < 4.78 is 5.33. The van der Waals surface area contributed by atoms with Gasteiger partial charge in [-0.15, -0.1) is 11.3 Å². The lowest BCUT2D eigenvalue weighted by Crippen LogP contribution is -2.34. The summed E-state index contributed by atoms with van der Waals surface area (Å²) in [6, 6.07) is 4.01. The van der Waals surface area contributed by atoms with E-state index < -0.39 is 0 Å². The Bertz CT molecular complexity index is 344.